The van der Waals surface area contributed by atoms with Crippen LogP contribution in [0, 0.1) is 6.92 Å². The van der Waals surface area contributed by atoms with Crippen LogP contribution in [0.1, 0.15) is 48.8 Å². The van der Waals surface area contributed by atoms with Crippen molar-refractivity contribution in [1.29, 1.82) is 0 Å². The van der Waals surface area contributed by atoms with E-state index >= 15 is 0 Å². The Balaban J connectivity index is 1.86. The van der Waals surface area contributed by atoms with Gasteiger partial charge in [-0.3, -0.25) is 0 Å². The summed E-state index contributed by atoms with van der Waals surface area (Å²) in [6, 6.07) is 10.6. The third-order valence-electron chi connectivity index (χ3n) is 5.87. The number of hydrogen-bond acceptors (Lipinski definition) is 4. The number of alkyl halides is 3. The van der Waals surface area contributed by atoms with Gasteiger partial charge in [-0.25, -0.2) is 13.2 Å². The summed E-state index contributed by atoms with van der Waals surface area (Å²) < 4.78 is 72.7. The Morgan fingerprint density at radius 2 is 1.69 bits per heavy atom. The van der Waals surface area contributed by atoms with Gasteiger partial charge in [-0.2, -0.15) is 17.5 Å². The maximum atomic E-state index is 13.4. The number of rotatable bonds is 3. The summed E-state index contributed by atoms with van der Waals surface area (Å²) in [6.45, 7) is 1.80. The number of carbonyl (C=O) groups is 1. The third-order valence-corrected chi connectivity index (χ3v) is 7.57. The molecule has 0 bridgehead atoms. The number of benzene rings is 2. The molecule has 2 fully saturated rings. The Hall–Kier alpha value is -2.81. The highest BCUT2D eigenvalue weighted by Gasteiger charge is 2.54. The van der Waals surface area contributed by atoms with Crippen LogP contribution < -0.4 is 0 Å². The molecule has 2 aromatic carbocycles. The lowest BCUT2D eigenvalue weighted by atomic mass is 9.82. The average molecular weight is 465 g/mol. The fraction of sp³-hybridized carbons (Fsp3) is 0.348. The topological polar surface area (TPSA) is 63.7 Å². The number of aryl methyl sites for hydroxylation is 1. The van der Waals surface area contributed by atoms with Crippen molar-refractivity contribution in [1.82, 2.24) is 4.31 Å². The fourth-order valence-corrected chi connectivity index (χ4v) is 5.62. The molecule has 9 heteroatoms. The van der Waals surface area contributed by atoms with E-state index in [1.54, 1.807) is 19.1 Å². The van der Waals surface area contributed by atoms with Crippen molar-refractivity contribution < 1.29 is 31.1 Å². The van der Waals surface area contributed by atoms with Gasteiger partial charge in [0.05, 0.1) is 16.2 Å². The van der Waals surface area contributed by atoms with Gasteiger partial charge in [0.25, 0.3) is 10.0 Å². The highest BCUT2D eigenvalue weighted by atomic mass is 32.2. The molecule has 0 radical (unpaired) electrons. The third kappa shape index (κ3) is 4.01. The number of sulfonamides is 1. The van der Waals surface area contributed by atoms with Crippen LogP contribution in [0.25, 0.3) is 6.08 Å². The van der Waals surface area contributed by atoms with Crippen molar-refractivity contribution >= 4 is 22.2 Å². The number of nitrogens with zero attached hydrogens (tertiary/aromatic N) is 1. The van der Waals surface area contributed by atoms with Gasteiger partial charge in [0.2, 0.25) is 0 Å². The first kappa shape index (κ1) is 22.4. The maximum absolute atomic E-state index is 13.4. The van der Waals surface area contributed by atoms with Crippen LogP contribution in [0.2, 0.25) is 0 Å². The highest BCUT2D eigenvalue weighted by Crippen LogP contribution is 2.47. The van der Waals surface area contributed by atoms with E-state index in [9.17, 15) is 26.4 Å². The van der Waals surface area contributed by atoms with Gasteiger partial charge >= 0.3 is 12.3 Å². The summed E-state index contributed by atoms with van der Waals surface area (Å²) >= 11 is 0. The number of carbonyl (C=O) groups excluding carboxylic acids is 1. The molecule has 0 unspecified atom stereocenters. The first-order valence-corrected chi connectivity index (χ1v) is 11.7. The molecule has 1 aliphatic carbocycles. The second-order valence-corrected chi connectivity index (χ2v) is 9.94. The van der Waals surface area contributed by atoms with Crippen LogP contribution in [0.5, 0.6) is 0 Å². The lowest BCUT2D eigenvalue weighted by molar-refractivity contribution is -0.137. The summed E-state index contributed by atoms with van der Waals surface area (Å²) in [4.78, 5) is 12.8. The van der Waals surface area contributed by atoms with E-state index in [1.807, 2.05) is 0 Å². The Morgan fingerprint density at radius 1 is 1.03 bits per heavy atom. The van der Waals surface area contributed by atoms with E-state index < -0.39 is 33.5 Å². The molecule has 32 heavy (non-hydrogen) atoms. The second kappa shape index (κ2) is 7.95. The standard InChI is InChI=1S/C23H22F3NO4S/c1-16-8-10-19(11-9-16)32(29,30)27-20(22(31-21(27)28)12-3-2-4-13-22)15-17-6-5-7-18(14-17)23(24,25)26/h5-11,14-15H,2-4,12-13H2,1H3/b20-15+. The zero-order chi connectivity index (χ0) is 23.1. The first-order chi connectivity index (χ1) is 15.0. The molecule has 1 saturated carbocycles. The molecule has 170 valence electrons. The number of halogens is 3. The molecule has 1 amide bonds. The SMILES string of the molecule is Cc1ccc(S(=O)(=O)N2C(=O)OC3(CCCCC3)/C2=C\c2cccc(C(F)(F)F)c2)cc1. The zero-order valence-corrected chi connectivity index (χ0v) is 18.2. The molecule has 1 aliphatic heterocycles. The number of amides is 1. The second-order valence-electron chi connectivity index (χ2n) is 8.16. The minimum atomic E-state index is -4.55. The molecule has 1 saturated heterocycles. The van der Waals surface area contributed by atoms with E-state index in [0.29, 0.717) is 30.0 Å². The van der Waals surface area contributed by atoms with Crippen molar-refractivity contribution in [3.63, 3.8) is 0 Å². The molecule has 5 nitrogen and oxygen atoms in total. The normalized spacial score (nSPS) is 20.1. The van der Waals surface area contributed by atoms with Crippen LogP contribution in [0.15, 0.2) is 59.1 Å². The molecule has 1 heterocycles. The van der Waals surface area contributed by atoms with Gasteiger partial charge in [0.1, 0.15) is 0 Å². The summed E-state index contributed by atoms with van der Waals surface area (Å²) in [6.07, 6.45) is -1.11. The van der Waals surface area contributed by atoms with Gasteiger partial charge in [-0.05, 0) is 68.5 Å². The van der Waals surface area contributed by atoms with Crippen molar-refractivity contribution in [3.8, 4) is 0 Å². The Labute approximate surface area is 184 Å². The van der Waals surface area contributed by atoms with Crippen LogP contribution in [-0.4, -0.2) is 24.4 Å². The molecule has 2 aliphatic rings. The van der Waals surface area contributed by atoms with Gasteiger partial charge in [0, 0.05) is 0 Å². The fourth-order valence-electron chi connectivity index (χ4n) is 4.22. The first-order valence-electron chi connectivity index (χ1n) is 10.3. The van der Waals surface area contributed by atoms with E-state index in [1.165, 1.54) is 30.3 Å². The summed E-state index contributed by atoms with van der Waals surface area (Å²) in [7, 11) is -4.32. The van der Waals surface area contributed by atoms with E-state index in [0.717, 1.165) is 24.1 Å². The predicted octanol–water partition coefficient (Wildman–Crippen LogP) is 5.90. The molecule has 0 aromatic heterocycles. The monoisotopic (exact) mass is 465 g/mol. The van der Waals surface area contributed by atoms with Gasteiger partial charge in [0.15, 0.2) is 5.60 Å². The molecule has 1 spiro atoms. The number of hydrogen-bond donors (Lipinski definition) is 0. The van der Waals surface area contributed by atoms with Crippen LogP contribution >= 0.6 is 0 Å². The molecular weight excluding hydrogens is 443 g/mol. The minimum absolute atomic E-state index is 0.0575. The summed E-state index contributed by atoms with van der Waals surface area (Å²) in [5, 5.41) is 0. The predicted molar refractivity (Wildman–Crippen MR) is 112 cm³/mol. The smallest absolute Gasteiger partial charge is 0.429 e. The van der Waals surface area contributed by atoms with Crippen molar-refractivity contribution in [2.75, 3.05) is 0 Å². The Kier molecular flexibility index (Phi) is 5.56. The van der Waals surface area contributed by atoms with Crippen LogP contribution in [0.3, 0.4) is 0 Å². The Morgan fingerprint density at radius 3 is 2.31 bits per heavy atom. The van der Waals surface area contributed by atoms with Gasteiger partial charge in [-0.1, -0.05) is 36.2 Å². The number of ether oxygens (including phenoxy) is 1. The molecular formula is C23H22F3NO4S. The van der Waals surface area contributed by atoms with Crippen LogP contribution in [-0.2, 0) is 20.9 Å². The van der Waals surface area contributed by atoms with E-state index in [4.69, 9.17) is 4.74 Å². The highest BCUT2D eigenvalue weighted by molar-refractivity contribution is 7.89. The van der Waals surface area contributed by atoms with Crippen molar-refractivity contribution in [2.45, 2.75) is 55.7 Å². The summed E-state index contributed by atoms with van der Waals surface area (Å²) in [5.41, 5.74) is -0.995. The molecule has 4 rings (SSSR count). The van der Waals surface area contributed by atoms with Gasteiger partial charge in [-0.15, -0.1) is 0 Å². The Bertz CT molecular complexity index is 1160. The molecule has 0 N–H and O–H groups in total. The van der Waals surface area contributed by atoms with Crippen molar-refractivity contribution in [3.05, 3.63) is 70.9 Å². The quantitative estimate of drug-likeness (QED) is 0.566. The lowest BCUT2D eigenvalue weighted by Crippen LogP contribution is -2.36. The maximum Gasteiger partial charge on any atom is 0.429 e. The van der Waals surface area contributed by atoms with E-state index in [-0.39, 0.29) is 16.2 Å². The summed E-state index contributed by atoms with van der Waals surface area (Å²) in [5.74, 6) is 0. The minimum Gasteiger partial charge on any atom is -0.435 e. The van der Waals surface area contributed by atoms with Crippen molar-refractivity contribution in [2.24, 2.45) is 0 Å². The van der Waals surface area contributed by atoms with Crippen LogP contribution in [0.4, 0.5) is 18.0 Å². The zero-order valence-electron chi connectivity index (χ0n) is 17.4. The van der Waals surface area contributed by atoms with Gasteiger partial charge < -0.3 is 4.74 Å². The lowest BCUT2D eigenvalue weighted by Gasteiger charge is -2.32. The molecule has 0 atom stereocenters. The largest absolute Gasteiger partial charge is 0.435 e. The van der Waals surface area contributed by atoms with E-state index in [2.05, 4.69) is 0 Å². The molecule has 2 aromatic rings. The average Bonchev–Trinajstić information content (AvgIpc) is 2.99.